The molecule has 0 atom stereocenters. The van der Waals surface area contributed by atoms with Crippen LogP contribution in [0.5, 0.6) is 0 Å². The first-order chi connectivity index (χ1) is 31.5. The van der Waals surface area contributed by atoms with Gasteiger partial charge >= 0.3 is 0 Å². The van der Waals surface area contributed by atoms with Crippen molar-refractivity contribution in [3.8, 4) is 23.7 Å². The second-order valence-corrected chi connectivity index (χ2v) is 22.1. The molecule has 0 saturated heterocycles. The molecule has 0 saturated carbocycles. The van der Waals surface area contributed by atoms with Crippen molar-refractivity contribution in [2.24, 2.45) is 0 Å². The zero-order valence-corrected chi connectivity index (χ0v) is 44.9. The van der Waals surface area contributed by atoms with Crippen molar-refractivity contribution in [1.29, 1.82) is 0 Å². The summed E-state index contributed by atoms with van der Waals surface area (Å²) in [5.41, 5.74) is 2.17. The molecule has 344 valence electrons. The van der Waals surface area contributed by atoms with E-state index < -0.39 is 0 Å². The molecular formula is C60H78Br2S2. The van der Waals surface area contributed by atoms with E-state index in [1.54, 1.807) is 9.75 Å². The highest BCUT2D eigenvalue weighted by Gasteiger charge is 2.12. The summed E-state index contributed by atoms with van der Waals surface area (Å²) >= 11 is 11.5. The number of hydrogen-bond donors (Lipinski definition) is 0. The summed E-state index contributed by atoms with van der Waals surface area (Å²) in [6.07, 6.45) is 36.6. The molecule has 4 aromatic carbocycles. The molecule has 0 bridgehead atoms. The van der Waals surface area contributed by atoms with Crippen molar-refractivity contribution in [2.45, 2.75) is 207 Å². The number of halogens is 2. The van der Waals surface area contributed by atoms with Gasteiger partial charge in [0.25, 0.3) is 0 Å². The summed E-state index contributed by atoms with van der Waals surface area (Å²) in [6, 6.07) is 23.0. The molecule has 0 spiro atoms. The topological polar surface area (TPSA) is 0 Å². The van der Waals surface area contributed by atoms with Gasteiger partial charge in [-0.2, -0.15) is 0 Å². The van der Waals surface area contributed by atoms with E-state index in [0.29, 0.717) is 0 Å². The minimum absolute atomic E-state index is 0.969. The van der Waals surface area contributed by atoms with E-state index in [0.717, 1.165) is 32.9 Å². The molecule has 6 aromatic rings. The van der Waals surface area contributed by atoms with Crippen molar-refractivity contribution < 1.29 is 0 Å². The van der Waals surface area contributed by atoms with E-state index >= 15 is 0 Å². The van der Waals surface area contributed by atoms with Crippen LogP contribution in [0.2, 0.25) is 0 Å². The Morgan fingerprint density at radius 3 is 1.06 bits per heavy atom. The van der Waals surface area contributed by atoms with Crippen molar-refractivity contribution in [2.75, 3.05) is 0 Å². The van der Waals surface area contributed by atoms with Crippen LogP contribution in [0.3, 0.4) is 0 Å². The van der Waals surface area contributed by atoms with Crippen molar-refractivity contribution >= 4 is 96.3 Å². The van der Waals surface area contributed by atoms with Crippen LogP contribution in [0, 0.1) is 23.7 Å². The number of hydrogen-bond acceptors (Lipinski definition) is 2. The normalized spacial score (nSPS) is 11.2. The third-order valence-corrected chi connectivity index (χ3v) is 16.3. The summed E-state index contributed by atoms with van der Waals surface area (Å²) in [5, 5.41) is 8.20. The Morgan fingerprint density at radius 2 is 0.688 bits per heavy atom. The predicted molar refractivity (Wildman–Crippen MR) is 298 cm³/mol. The van der Waals surface area contributed by atoms with E-state index in [4.69, 9.17) is 0 Å². The SMILES string of the molecule is CCCCCCCCC#Cc1c(Br)ccc2c(C#CCCCCCCCC)c(Br)ccc12.CCCCCCCCc1cc2c(ccc3c4cc(CCCCCCCC)sc4ccc23)s1. The van der Waals surface area contributed by atoms with Gasteiger partial charge in [-0.25, -0.2) is 0 Å². The Hall–Kier alpha value is -2.60. The monoisotopic (exact) mass is 1020 g/mol. The number of rotatable bonds is 26. The van der Waals surface area contributed by atoms with E-state index in [-0.39, 0.29) is 0 Å². The Morgan fingerprint density at radius 1 is 0.359 bits per heavy atom. The fraction of sp³-hybridized carbons (Fsp3) is 0.533. The van der Waals surface area contributed by atoms with Gasteiger partial charge in [0.05, 0.1) is 0 Å². The lowest BCUT2D eigenvalue weighted by Crippen LogP contribution is -1.88. The number of fused-ring (bicyclic) bond motifs is 6. The Balaban J connectivity index is 0.000000241. The average molecular weight is 1020 g/mol. The van der Waals surface area contributed by atoms with Gasteiger partial charge in [-0.15, -0.1) is 22.7 Å². The van der Waals surface area contributed by atoms with Crippen LogP contribution in [-0.4, -0.2) is 0 Å². The summed E-state index contributed by atoms with van der Waals surface area (Å²) in [7, 11) is 0. The minimum Gasteiger partial charge on any atom is -0.140 e. The van der Waals surface area contributed by atoms with Crippen LogP contribution in [-0.2, 0) is 12.8 Å². The molecule has 0 aliphatic carbocycles. The molecule has 0 nitrogen and oxygen atoms in total. The fourth-order valence-electron chi connectivity index (χ4n) is 8.85. The second-order valence-electron chi connectivity index (χ2n) is 18.1. The molecule has 0 N–H and O–H groups in total. The van der Waals surface area contributed by atoms with Gasteiger partial charge in [0, 0.05) is 62.8 Å². The molecule has 64 heavy (non-hydrogen) atoms. The van der Waals surface area contributed by atoms with Crippen molar-refractivity contribution in [1.82, 2.24) is 0 Å². The second kappa shape index (κ2) is 30.6. The first-order valence-corrected chi connectivity index (χ1v) is 29.0. The van der Waals surface area contributed by atoms with Crippen LogP contribution >= 0.6 is 54.5 Å². The van der Waals surface area contributed by atoms with Crippen molar-refractivity contribution in [3.05, 3.63) is 90.5 Å². The molecule has 6 rings (SSSR count). The number of aryl methyl sites for hydroxylation is 2. The molecule has 2 heterocycles. The summed E-state index contributed by atoms with van der Waals surface area (Å²) in [4.78, 5) is 3.13. The molecule has 2 aromatic heterocycles. The van der Waals surface area contributed by atoms with Crippen LogP contribution in [0.1, 0.15) is 216 Å². The highest BCUT2D eigenvalue weighted by atomic mass is 79.9. The molecule has 0 aliphatic heterocycles. The molecule has 0 unspecified atom stereocenters. The zero-order chi connectivity index (χ0) is 45.2. The van der Waals surface area contributed by atoms with E-state index in [1.165, 1.54) is 209 Å². The number of unbranched alkanes of at least 4 members (excludes halogenated alkanes) is 22. The van der Waals surface area contributed by atoms with Crippen LogP contribution in [0.4, 0.5) is 0 Å². The van der Waals surface area contributed by atoms with E-state index in [9.17, 15) is 0 Å². The maximum atomic E-state index is 3.72. The van der Waals surface area contributed by atoms with Crippen LogP contribution in [0.25, 0.3) is 41.7 Å². The van der Waals surface area contributed by atoms with Gasteiger partial charge in [0.2, 0.25) is 0 Å². The number of thiophene rings is 2. The summed E-state index contributed by atoms with van der Waals surface area (Å²) in [5.74, 6) is 13.7. The Labute approximate surface area is 414 Å². The Bertz CT molecular complexity index is 2240. The molecule has 0 aliphatic rings. The van der Waals surface area contributed by atoms with Gasteiger partial charge in [-0.1, -0.05) is 204 Å². The molecule has 0 radical (unpaired) electrons. The lowest BCUT2D eigenvalue weighted by atomic mass is 10.00. The minimum atomic E-state index is 0.969. The lowest BCUT2D eigenvalue weighted by Gasteiger charge is -2.08. The van der Waals surface area contributed by atoms with Gasteiger partial charge < -0.3 is 0 Å². The maximum absolute atomic E-state index is 3.72. The lowest BCUT2D eigenvalue weighted by molar-refractivity contribution is 0.609. The predicted octanol–water partition coefficient (Wildman–Crippen LogP) is 21.6. The number of benzene rings is 4. The quantitative estimate of drug-likeness (QED) is 0.0375. The highest BCUT2D eigenvalue weighted by molar-refractivity contribution is 9.10. The van der Waals surface area contributed by atoms with Crippen LogP contribution < -0.4 is 0 Å². The van der Waals surface area contributed by atoms with Crippen LogP contribution in [0.15, 0.2) is 69.6 Å². The third-order valence-electron chi connectivity index (χ3n) is 12.7. The third kappa shape index (κ3) is 16.9. The van der Waals surface area contributed by atoms with Gasteiger partial charge in [-0.3, -0.25) is 0 Å². The molecule has 4 heteroatoms. The zero-order valence-electron chi connectivity index (χ0n) is 40.1. The van der Waals surface area contributed by atoms with Gasteiger partial charge in [0.1, 0.15) is 0 Å². The largest absolute Gasteiger partial charge is 0.140 e. The molecular weight excluding hydrogens is 945 g/mol. The fourth-order valence-corrected chi connectivity index (χ4v) is 12.0. The Kier molecular flexibility index (Phi) is 25.1. The standard InChI is InChI=1S/C30H38Br2.C30H40S2/c1-3-5-7-9-11-13-15-17-19-27-25-21-24-30(32)28(26(25)22-23-29(27)31)20-18-16-14-12-10-8-6-4-2;1-3-5-7-9-11-13-15-23-21-27-25-18-20-30-28(26(25)17-19-29(27)31-23)22-24(32-30)16-14-12-10-8-6-4-2/h21-24H,3-16H2,1-2H3;17-22H,3-16H2,1-2H3. The highest BCUT2D eigenvalue weighted by Crippen LogP contribution is 2.39. The van der Waals surface area contributed by atoms with Crippen molar-refractivity contribution in [3.63, 3.8) is 0 Å². The first-order valence-electron chi connectivity index (χ1n) is 25.7. The van der Waals surface area contributed by atoms with Gasteiger partial charge in [-0.05, 0) is 128 Å². The summed E-state index contributed by atoms with van der Waals surface area (Å²) < 4.78 is 5.04. The van der Waals surface area contributed by atoms with E-state index in [2.05, 4.69) is 144 Å². The van der Waals surface area contributed by atoms with E-state index in [1.807, 2.05) is 22.7 Å². The molecule has 0 fully saturated rings. The van der Waals surface area contributed by atoms with Gasteiger partial charge in [0.15, 0.2) is 0 Å². The smallest absolute Gasteiger partial charge is 0.0466 e. The summed E-state index contributed by atoms with van der Waals surface area (Å²) in [6.45, 7) is 9.11. The average Bonchev–Trinajstić information content (AvgIpc) is 3.93. The maximum Gasteiger partial charge on any atom is 0.0466 e. The molecule has 0 amide bonds. The first kappa shape index (κ1) is 52.4.